The van der Waals surface area contributed by atoms with Crippen molar-refractivity contribution in [3.63, 3.8) is 0 Å². The Morgan fingerprint density at radius 2 is 1.96 bits per heavy atom. The zero-order valence-corrected chi connectivity index (χ0v) is 13.8. The number of nitrogens with zero attached hydrogens (tertiary/aromatic N) is 1. The minimum absolute atomic E-state index is 0.232. The highest BCUT2D eigenvalue weighted by molar-refractivity contribution is 8.00. The summed E-state index contributed by atoms with van der Waals surface area (Å²) in [6.07, 6.45) is -0.613. The Kier molecular flexibility index (Phi) is 6.39. The maximum Gasteiger partial charge on any atom is 0.326 e. The van der Waals surface area contributed by atoms with E-state index in [-0.39, 0.29) is 19.4 Å². The molecule has 1 aliphatic heterocycles. The van der Waals surface area contributed by atoms with Crippen molar-refractivity contribution in [2.75, 3.05) is 12.3 Å². The highest BCUT2D eigenvalue weighted by Gasteiger charge is 2.46. The monoisotopic (exact) mass is 347 g/mol. The van der Waals surface area contributed by atoms with Gasteiger partial charge in [-0.3, -0.25) is 14.4 Å². The van der Waals surface area contributed by atoms with Crippen LogP contribution in [-0.2, 0) is 19.2 Å². The van der Waals surface area contributed by atoms with E-state index in [0.717, 1.165) is 0 Å². The maximum atomic E-state index is 12.4. The molecule has 0 bridgehead atoms. The second-order valence-corrected chi connectivity index (χ2v) is 7.19. The number of carbonyl (C=O) groups excluding carboxylic acids is 2. The Morgan fingerprint density at radius 3 is 2.43 bits per heavy atom. The van der Waals surface area contributed by atoms with E-state index >= 15 is 0 Å². The molecule has 1 fully saturated rings. The number of carboxylic acids is 2. The Morgan fingerprint density at radius 1 is 1.35 bits per heavy atom. The number of thioether (sulfide) groups is 1. The molecule has 1 saturated heterocycles. The summed E-state index contributed by atoms with van der Waals surface area (Å²) in [6.45, 7) is 3.30. The standard InChI is InChI=1S/C13H21N3O6S/c1-13(2)16(9(17)5-14)8(6-23-13)11(20)15-7(12(21)22)3-4-10(18)19/h7-8H,3-6,14H2,1-2H3,(H,15,20)(H,18,19)(H,21,22). The fraction of sp³-hybridized carbons (Fsp3) is 0.692. The number of nitrogens with two attached hydrogens (primary N) is 1. The number of carbonyl (C=O) groups is 4. The number of aliphatic carboxylic acids is 2. The average Bonchev–Trinajstić information content (AvgIpc) is 2.77. The van der Waals surface area contributed by atoms with Gasteiger partial charge < -0.3 is 26.2 Å². The highest BCUT2D eigenvalue weighted by Crippen LogP contribution is 2.38. The smallest absolute Gasteiger partial charge is 0.326 e. The van der Waals surface area contributed by atoms with Gasteiger partial charge in [-0.15, -0.1) is 11.8 Å². The van der Waals surface area contributed by atoms with Crippen molar-refractivity contribution in [3.8, 4) is 0 Å². The van der Waals surface area contributed by atoms with Gasteiger partial charge in [0.15, 0.2) is 0 Å². The Labute approximate surface area is 137 Å². The van der Waals surface area contributed by atoms with Crippen LogP contribution in [0.4, 0.5) is 0 Å². The average molecular weight is 347 g/mol. The summed E-state index contributed by atoms with van der Waals surface area (Å²) in [5.74, 6) is -3.18. The number of carboxylic acid groups (broad SMARTS) is 2. The molecule has 0 spiro atoms. The number of rotatable bonds is 7. The molecule has 1 rings (SSSR count). The van der Waals surface area contributed by atoms with Crippen molar-refractivity contribution in [2.45, 2.75) is 43.6 Å². The van der Waals surface area contributed by atoms with E-state index in [0.29, 0.717) is 5.75 Å². The zero-order valence-electron chi connectivity index (χ0n) is 12.9. The van der Waals surface area contributed by atoms with Crippen LogP contribution in [0.5, 0.6) is 0 Å². The second-order valence-electron chi connectivity index (χ2n) is 5.57. The van der Waals surface area contributed by atoms with Crippen LogP contribution < -0.4 is 11.1 Å². The molecule has 1 aliphatic rings. The third kappa shape index (κ3) is 4.83. The van der Waals surface area contributed by atoms with Gasteiger partial charge >= 0.3 is 11.9 Å². The van der Waals surface area contributed by atoms with Crippen LogP contribution in [0.15, 0.2) is 0 Å². The van der Waals surface area contributed by atoms with Crippen LogP contribution in [0.2, 0.25) is 0 Å². The molecule has 0 aromatic carbocycles. The first kappa shape index (κ1) is 19.2. The molecule has 2 unspecified atom stereocenters. The maximum absolute atomic E-state index is 12.4. The quantitative estimate of drug-likeness (QED) is 0.461. The minimum atomic E-state index is -1.32. The summed E-state index contributed by atoms with van der Waals surface area (Å²) >= 11 is 1.39. The first-order chi connectivity index (χ1) is 10.6. The fourth-order valence-electron chi connectivity index (χ4n) is 2.36. The van der Waals surface area contributed by atoms with E-state index in [4.69, 9.17) is 15.9 Å². The summed E-state index contributed by atoms with van der Waals surface area (Å²) in [6, 6.07) is -2.15. The molecule has 5 N–H and O–H groups in total. The van der Waals surface area contributed by atoms with Gasteiger partial charge in [-0.1, -0.05) is 0 Å². The molecule has 10 heteroatoms. The molecular formula is C13H21N3O6S. The van der Waals surface area contributed by atoms with E-state index in [1.807, 2.05) is 0 Å². The summed E-state index contributed by atoms with van der Waals surface area (Å²) in [7, 11) is 0. The van der Waals surface area contributed by atoms with E-state index in [2.05, 4.69) is 5.32 Å². The lowest BCUT2D eigenvalue weighted by Crippen LogP contribution is -2.56. The molecule has 0 saturated carbocycles. The van der Waals surface area contributed by atoms with E-state index in [1.54, 1.807) is 13.8 Å². The topological polar surface area (TPSA) is 150 Å². The molecule has 0 radical (unpaired) electrons. The Balaban J connectivity index is 2.83. The van der Waals surface area contributed by atoms with Gasteiger partial charge in [-0.2, -0.15) is 0 Å². The van der Waals surface area contributed by atoms with Crippen LogP contribution in [0, 0.1) is 0 Å². The van der Waals surface area contributed by atoms with Crippen molar-refractivity contribution in [3.05, 3.63) is 0 Å². The molecule has 23 heavy (non-hydrogen) atoms. The SMILES string of the molecule is CC1(C)SCC(C(=O)NC(CCC(=O)O)C(=O)O)N1C(=O)CN. The van der Waals surface area contributed by atoms with Crippen molar-refractivity contribution in [1.82, 2.24) is 10.2 Å². The molecule has 2 atom stereocenters. The summed E-state index contributed by atoms with van der Waals surface area (Å²) in [5, 5.41) is 20.0. The number of hydrogen-bond acceptors (Lipinski definition) is 6. The van der Waals surface area contributed by atoms with Gasteiger partial charge in [0.1, 0.15) is 12.1 Å². The lowest BCUT2D eigenvalue weighted by molar-refractivity contribution is -0.145. The zero-order chi connectivity index (χ0) is 17.8. The van der Waals surface area contributed by atoms with E-state index in [1.165, 1.54) is 16.7 Å². The largest absolute Gasteiger partial charge is 0.481 e. The van der Waals surface area contributed by atoms with E-state index < -0.39 is 40.7 Å². The molecule has 0 aromatic heterocycles. The summed E-state index contributed by atoms with van der Waals surface area (Å²) in [5.41, 5.74) is 5.37. The van der Waals surface area contributed by atoms with Gasteiger partial charge in [-0.25, -0.2) is 4.79 Å². The van der Waals surface area contributed by atoms with Gasteiger partial charge in [0, 0.05) is 12.2 Å². The summed E-state index contributed by atoms with van der Waals surface area (Å²) < 4.78 is 0. The highest BCUT2D eigenvalue weighted by atomic mass is 32.2. The predicted octanol–water partition coefficient (Wildman–Crippen LogP) is -0.941. The van der Waals surface area contributed by atoms with Gasteiger partial charge in [-0.05, 0) is 20.3 Å². The summed E-state index contributed by atoms with van der Waals surface area (Å²) in [4.78, 5) is 46.8. The van der Waals surface area contributed by atoms with Crippen LogP contribution in [0.3, 0.4) is 0 Å². The minimum Gasteiger partial charge on any atom is -0.481 e. The molecule has 0 aromatic rings. The lowest BCUT2D eigenvalue weighted by atomic mass is 10.1. The molecule has 1 heterocycles. The lowest BCUT2D eigenvalue weighted by Gasteiger charge is -2.34. The third-order valence-corrected chi connectivity index (χ3v) is 4.88. The van der Waals surface area contributed by atoms with Crippen molar-refractivity contribution in [2.24, 2.45) is 5.73 Å². The van der Waals surface area contributed by atoms with Crippen LogP contribution in [-0.4, -0.2) is 68.1 Å². The van der Waals surface area contributed by atoms with Crippen molar-refractivity contribution >= 4 is 35.5 Å². The Hall–Kier alpha value is -1.81. The normalized spacial score (nSPS) is 20.8. The fourth-order valence-corrected chi connectivity index (χ4v) is 3.60. The molecule has 9 nitrogen and oxygen atoms in total. The van der Waals surface area contributed by atoms with Gasteiger partial charge in [0.2, 0.25) is 11.8 Å². The first-order valence-corrected chi connectivity index (χ1v) is 8.00. The molecule has 0 aliphatic carbocycles. The first-order valence-electron chi connectivity index (χ1n) is 7.01. The Bertz CT molecular complexity index is 510. The third-order valence-electron chi connectivity index (χ3n) is 3.49. The second kappa shape index (κ2) is 7.64. The van der Waals surface area contributed by atoms with Crippen molar-refractivity contribution < 1.29 is 29.4 Å². The predicted molar refractivity (Wildman–Crippen MR) is 82.7 cm³/mol. The van der Waals surface area contributed by atoms with Crippen LogP contribution >= 0.6 is 11.8 Å². The van der Waals surface area contributed by atoms with Gasteiger partial charge in [0.25, 0.3) is 0 Å². The molecule has 130 valence electrons. The number of amides is 2. The van der Waals surface area contributed by atoms with E-state index in [9.17, 15) is 19.2 Å². The van der Waals surface area contributed by atoms with Crippen molar-refractivity contribution in [1.29, 1.82) is 0 Å². The number of nitrogens with one attached hydrogen (secondary N) is 1. The van der Waals surface area contributed by atoms with Crippen LogP contribution in [0.25, 0.3) is 0 Å². The molecular weight excluding hydrogens is 326 g/mol. The van der Waals surface area contributed by atoms with Crippen LogP contribution in [0.1, 0.15) is 26.7 Å². The van der Waals surface area contributed by atoms with Gasteiger partial charge in [0.05, 0.1) is 11.4 Å². The molecule has 2 amide bonds. The number of hydrogen-bond donors (Lipinski definition) is 4.